The van der Waals surface area contributed by atoms with E-state index in [0.717, 1.165) is 26.6 Å². The second-order valence-corrected chi connectivity index (χ2v) is 5.52. The number of thiazole rings is 1. The number of pyridine rings is 1. The monoisotopic (exact) mass is 298 g/mol. The smallest absolute Gasteiger partial charge is 0.214 e. The van der Waals surface area contributed by atoms with Crippen molar-refractivity contribution >= 4 is 26.6 Å². The van der Waals surface area contributed by atoms with E-state index in [1.165, 1.54) is 23.5 Å². The van der Waals surface area contributed by atoms with E-state index in [-0.39, 0.29) is 5.82 Å². The summed E-state index contributed by atoms with van der Waals surface area (Å²) >= 11 is 1.50. The molecule has 0 amide bonds. The fraction of sp³-hybridized carbons (Fsp3) is 0.0667. The van der Waals surface area contributed by atoms with Gasteiger partial charge in [0.05, 0.1) is 18.3 Å². The predicted molar refractivity (Wildman–Crippen MR) is 80.3 cm³/mol. The molecule has 0 aliphatic carbocycles. The maximum atomic E-state index is 13.0. The highest BCUT2D eigenvalue weighted by Crippen LogP contribution is 2.29. The van der Waals surface area contributed by atoms with Crippen LogP contribution in [0.2, 0.25) is 0 Å². The van der Waals surface area contributed by atoms with E-state index in [2.05, 4.69) is 9.97 Å². The summed E-state index contributed by atoms with van der Waals surface area (Å²) in [7, 11) is 1.60. The first-order valence-corrected chi connectivity index (χ1v) is 7.15. The summed E-state index contributed by atoms with van der Waals surface area (Å²) in [5.41, 5.74) is 2.69. The van der Waals surface area contributed by atoms with E-state index in [0.29, 0.717) is 5.88 Å². The first-order valence-electron chi connectivity index (χ1n) is 6.33. The van der Waals surface area contributed by atoms with Gasteiger partial charge in [-0.1, -0.05) is 11.3 Å². The number of hydrogen-bond donors (Lipinski definition) is 0. The second kappa shape index (κ2) is 4.53. The van der Waals surface area contributed by atoms with Crippen molar-refractivity contribution in [3.05, 3.63) is 48.4 Å². The molecular weight excluding hydrogens is 288 g/mol. The third kappa shape index (κ3) is 1.95. The van der Waals surface area contributed by atoms with Crippen LogP contribution in [0.1, 0.15) is 0 Å². The average Bonchev–Trinajstić information content (AvgIpc) is 3.04. The highest BCUT2D eigenvalue weighted by molar-refractivity contribution is 7.23. The van der Waals surface area contributed by atoms with Gasteiger partial charge in [-0.3, -0.25) is 4.40 Å². The minimum Gasteiger partial charge on any atom is -0.481 e. The van der Waals surface area contributed by atoms with Gasteiger partial charge in [-0.2, -0.15) is 0 Å². The third-order valence-corrected chi connectivity index (χ3v) is 4.25. The molecule has 3 heterocycles. The summed E-state index contributed by atoms with van der Waals surface area (Å²) in [5.74, 6) is 0.340. The number of imidazole rings is 1. The van der Waals surface area contributed by atoms with Gasteiger partial charge >= 0.3 is 0 Å². The van der Waals surface area contributed by atoms with Gasteiger partial charge in [0.25, 0.3) is 0 Å². The summed E-state index contributed by atoms with van der Waals surface area (Å²) in [4.78, 5) is 10.7. The summed E-state index contributed by atoms with van der Waals surface area (Å²) in [5, 5.41) is 0. The molecule has 0 aliphatic heterocycles. The Bertz CT molecular complexity index is 943. The van der Waals surface area contributed by atoms with Gasteiger partial charge in [-0.05, 0) is 30.3 Å². The van der Waals surface area contributed by atoms with Crippen LogP contribution in [0.5, 0.6) is 5.88 Å². The number of methoxy groups -OCH3 is 1. The van der Waals surface area contributed by atoms with Crippen LogP contribution in [-0.4, -0.2) is 21.5 Å². The largest absolute Gasteiger partial charge is 0.481 e. The van der Waals surface area contributed by atoms with Crippen molar-refractivity contribution in [2.75, 3.05) is 7.11 Å². The molecule has 0 saturated carbocycles. The quantitative estimate of drug-likeness (QED) is 0.565. The summed E-state index contributed by atoms with van der Waals surface area (Å²) < 4.78 is 20.1. The van der Waals surface area contributed by atoms with Crippen LogP contribution >= 0.6 is 11.3 Å². The maximum absolute atomic E-state index is 13.0. The summed E-state index contributed by atoms with van der Waals surface area (Å²) in [6.45, 7) is 0. The predicted octanol–water partition coefficient (Wildman–Crippen LogP) is 3.76. The van der Waals surface area contributed by atoms with Crippen LogP contribution in [0, 0.1) is 5.82 Å². The second-order valence-electron chi connectivity index (χ2n) is 4.57. The molecule has 0 radical (unpaired) electrons. The minimum absolute atomic E-state index is 0.249. The Morgan fingerprint density at radius 3 is 2.67 bits per heavy atom. The van der Waals surface area contributed by atoms with E-state index in [9.17, 15) is 4.39 Å². The van der Waals surface area contributed by atoms with Crippen molar-refractivity contribution in [1.29, 1.82) is 0 Å². The fourth-order valence-electron chi connectivity index (χ4n) is 2.24. The number of aromatic nitrogens is 3. The summed E-state index contributed by atoms with van der Waals surface area (Å²) in [6.07, 6.45) is 1.94. The molecule has 104 valence electrons. The lowest BCUT2D eigenvalue weighted by Crippen LogP contribution is -1.86. The zero-order valence-corrected chi connectivity index (χ0v) is 11.9. The number of nitrogens with zero attached hydrogens (tertiary/aromatic N) is 3. The Morgan fingerprint density at radius 1 is 1.10 bits per heavy atom. The lowest BCUT2D eigenvalue weighted by atomic mass is 10.2. The van der Waals surface area contributed by atoms with Crippen molar-refractivity contribution < 1.29 is 9.13 Å². The molecule has 4 rings (SSSR count). The highest BCUT2D eigenvalue weighted by Gasteiger charge is 2.11. The molecule has 4 aromatic rings. The third-order valence-electron chi connectivity index (χ3n) is 3.28. The molecule has 21 heavy (non-hydrogen) atoms. The molecular formula is C15H10FN3OS. The maximum Gasteiger partial charge on any atom is 0.214 e. The topological polar surface area (TPSA) is 39.4 Å². The normalized spacial score (nSPS) is 11.3. The molecule has 4 nitrogen and oxygen atoms in total. The van der Waals surface area contributed by atoms with Gasteiger partial charge in [0.1, 0.15) is 10.6 Å². The van der Waals surface area contributed by atoms with E-state index in [1.54, 1.807) is 19.2 Å². The zero-order chi connectivity index (χ0) is 14.4. The molecule has 0 N–H and O–H groups in total. The first kappa shape index (κ1) is 12.3. The van der Waals surface area contributed by atoms with Gasteiger partial charge in [0.15, 0.2) is 4.96 Å². The Balaban J connectivity index is 1.88. The summed E-state index contributed by atoms with van der Waals surface area (Å²) in [6, 6.07) is 10.1. The lowest BCUT2D eigenvalue weighted by Gasteiger charge is -1.97. The van der Waals surface area contributed by atoms with E-state index in [1.807, 2.05) is 22.7 Å². The molecule has 0 spiro atoms. The number of ether oxygens (including phenoxy) is 1. The van der Waals surface area contributed by atoms with Gasteiger partial charge in [-0.15, -0.1) is 0 Å². The van der Waals surface area contributed by atoms with E-state index < -0.39 is 0 Å². The molecule has 0 atom stereocenters. The average molecular weight is 298 g/mol. The first-order chi connectivity index (χ1) is 10.2. The van der Waals surface area contributed by atoms with Gasteiger partial charge < -0.3 is 4.74 Å². The SMILES string of the molecule is COc1ccc2c(n1)sc1nc(-c3ccc([18F])cc3)cn12. The molecule has 0 unspecified atom stereocenters. The zero-order valence-electron chi connectivity index (χ0n) is 11.1. The fourth-order valence-corrected chi connectivity index (χ4v) is 3.22. The van der Waals surface area contributed by atoms with Crippen molar-refractivity contribution in [2.45, 2.75) is 0 Å². The molecule has 0 aliphatic rings. The van der Waals surface area contributed by atoms with Crippen molar-refractivity contribution in [3.63, 3.8) is 0 Å². The van der Waals surface area contributed by atoms with Crippen LogP contribution in [0.4, 0.5) is 4.39 Å². The Morgan fingerprint density at radius 2 is 1.90 bits per heavy atom. The highest BCUT2D eigenvalue weighted by atomic mass is 32.1. The van der Waals surface area contributed by atoms with Crippen molar-refractivity contribution in [3.8, 4) is 17.1 Å². The van der Waals surface area contributed by atoms with Gasteiger partial charge in [0, 0.05) is 17.8 Å². The Hall–Kier alpha value is -2.47. The number of hydrogen-bond acceptors (Lipinski definition) is 4. The van der Waals surface area contributed by atoms with Gasteiger partial charge in [-0.25, -0.2) is 14.4 Å². The van der Waals surface area contributed by atoms with Gasteiger partial charge in [0.2, 0.25) is 5.88 Å². The molecule has 3 aromatic heterocycles. The number of benzene rings is 1. The van der Waals surface area contributed by atoms with Crippen LogP contribution in [0.15, 0.2) is 42.6 Å². The number of rotatable bonds is 2. The number of halogens is 1. The Kier molecular flexibility index (Phi) is 2.65. The van der Waals surface area contributed by atoms with Crippen molar-refractivity contribution in [1.82, 2.24) is 14.4 Å². The van der Waals surface area contributed by atoms with Crippen LogP contribution < -0.4 is 4.74 Å². The molecule has 6 heteroatoms. The van der Waals surface area contributed by atoms with E-state index >= 15 is 0 Å². The minimum atomic E-state index is -0.249. The molecule has 1 aromatic carbocycles. The molecule has 0 saturated heterocycles. The van der Waals surface area contributed by atoms with Crippen LogP contribution in [0.3, 0.4) is 0 Å². The van der Waals surface area contributed by atoms with Crippen LogP contribution in [0.25, 0.3) is 26.6 Å². The van der Waals surface area contributed by atoms with Crippen molar-refractivity contribution in [2.24, 2.45) is 0 Å². The number of fused-ring (bicyclic) bond motifs is 3. The molecule has 0 bridgehead atoms. The Labute approximate surface area is 123 Å². The van der Waals surface area contributed by atoms with Crippen LogP contribution in [-0.2, 0) is 0 Å². The lowest BCUT2D eigenvalue weighted by molar-refractivity contribution is 0.400. The van der Waals surface area contributed by atoms with E-state index in [4.69, 9.17) is 4.74 Å². The molecule has 0 fully saturated rings. The standard InChI is InChI=1S/C15H10FN3OS/c1-20-13-7-6-12-14(18-13)21-15-17-11(8-19(12)15)9-2-4-10(16)5-3-9/h2-8H,1H3/i16-1.